The van der Waals surface area contributed by atoms with Crippen molar-refractivity contribution >= 4 is 17.2 Å². The molecule has 0 saturated carbocycles. The fraction of sp³-hybridized carbons (Fsp3) is 0.312. The van der Waals surface area contributed by atoms with Gasteiger partial charge in [0, 0.05) is 29.2 Å². The third kappa shape index (κ3) is 2.20. The van der Waals surface area contributed by atoms with Crippen LogP contribution in [0, 0.1) is 13.8 Å². The van der Waals surface area contributed by atoms with Gasteiger partial charge in [-0.15, -0.1) is 0 Å². The van der Waals surface area contributed by atoms with Gasteiger partial charge < -0.3 is 0 Å². The molecule has 0 aromatic carbocycles. The second-order valence-electron chi connectivity index (χ2n) is 5.49. The third-order valence-corrected chi connectivity index (χ3v) is 4.00. The molecule has 0 aliphatic carbocycles. The van der Waals surface area contributed by atoms with Crippen LogP contribution in [0.2, 0.25) is 5.15 Å². The molecule has 0 atom stereocenters. The van der Waals surface area contributed by atoms with E-state index in [2.05, 4.69) is 23.9 Å². The van der Waals surface area contributed by atoms with E-state index in [1.807, 2.05) is 32.2 Å². The molecule has 0 bridgehead atoms. The van der Waals surface area contributed by atoms with Crippen molar-refractivity contribution in [2.45, 2.75) is 33.6 Å². The summed E-state index contributed by atoms with van der Waals surface area (Å²) in [6.45, 7) is 8.19. The largest absolute Gasteiger partial charge is 0.264 e. The van der Waals surface area contributed by atoms with Crippen LogP contribution in [0.4, 0.5) is 0 Å². The molecule has 0 aliphatic heterocycles. The van der Waals surface area contributed by atoms with E-state index in [1.54, 1.807) is 10.7 Å². The molecule has 0 saturated heterocycles. The second kappa shape index (κ2) is 5.11. The van der Waals surface area contributed by atoms with E-state index in [9.17, 15) is 0 Å². The molecule has 4 nitrogen and oxygen atoms in total. The lowest BCUT2D eigenvalue weighted by molar-refractivity contribution is 0.804. The monoisotopic (exact) mass is 300 g/mol. The summed E-state index contributed by atoms with van der Waals surface area (Å²) in [7, 11) is 0. The van der Waals surface area contributed by atoms with E-state index < -0.39 is 0 Å². The van der Waals surface area contributed by atoms with Crippen LogP contribution in [0.25, 0.3) is 16.8 Å². The molecule has 3 aromatic heterocycles. The minimum Gasteiger partial charge on any atom is -0.264 e. The van der Waals surface area contributed by atoms with Crippen LogP contribution in [0.5, 0.6) is 0 Å². The molecule has 108 valence electrons. The molecule has 0 amide bonds. The van der Waals surface area contributed by atoms with E-state index in [-0.39, 0.29) is 0 Å². The SMILES string of the molecule is Cc1nc2c(-c3cccnc3)c(C)nn2c(Cl)c1C(C)C. The number of aromatic nitrogens is 4. The minimum absolute atomic E-state index is 0.306. The Bertz CT molecular complexity index is 806. The Labute approximate surface area is 128 Å². The van der Waals surface area contributed by atoms with Gasteiger partial charge in [-0.25, -0.2) is 9.50 Å². The standard InChI is InChI=1S/C16H17ClN4/c1-9(2)13-10(3)19-16-14(12-6-5-7-18-8-12)11(4)20-21(16)15(13)17/h5-9H,1-4H3. The molecule has 21 heavy (non-hydrogen) atoms. The van der Waals surface area contributed by atoms with Gasteiger partial charge in [-0.3, -0.25) is 4.98 Å². The van der Waals surface area contributed by atoms with Gasteiger partial charge in [0.15, 0.2) is 5.65 Å². The molecule has 0 N–H and O–H groups in total. The first kappa shape index (κ1) is 14.0. The molecule has 0 unspecified atom stereocenters. The van der Waals surface area contributed by atoms with Gasteiger partial charge >= 0.3 is 0 Å². The zero-order chi connectivity index (χ0) is 15.1. The highest BCUT2D eigenvalue weighted by molar-refractivity contribution is 6.30. The molecule has 3 heterocycles. The van der Waals surface area contributed by atoms with E-state index in [0.717, 1.165) is 33.7 Å². The van der Waals surface area contributed by atoms with Crippen LogP contribution in [-0.4, -0.2) is 19.6 Å². The Morgan fingerprint density at radius 1 is 1.19 bits per heavy atom. The topological polar surface area (TPSA) is 43.1 Å². The minimum atomic E-state index is 0.306. The summed E-state index contributed by atoms with van der Waals surface area (Å²) >= 11 is 6.56. The van der Waals surface area contributed by atoms with Gasteiger partial charge in [-0.05, 0) is 25.8 Å². The van der Waals surface area contributed by atoms with E-state index >= 15 is 0 Å². The fourth-order valence-electron chi connectivity index (χ4n) is 2.74. The highest BCUT2D eigenvalue weighted by Crippen LogP contribution is 2.32. The number of nitrogens with zero attached hydrogens (tertiary/aromatic N) is 4. The summed E-state index contributed by atoms with van der Waals surface area (Å²) in [6.07, 6.45) is 3.58. The summed E-state index contributed by atoms with van der Waals surface area (Å²) in [5, 5.41) is 5.21. The Balaban J connectivity index is 2.37. The van der Waals surface area contributed by atoms with Gasteiger partial charge in [0.1, 0.15) is 5.15 Å². The fourth-order valence-corrected chi connectivity index (χ4v) is 3.22. The molecule has 5 heteroatoms. The van der Waals surface area contributed by atoms with Crippen LogP contribution >= 0.6 is 11.6 Å². The van der Waals surface area contributed by atoms with Crippen molar-refractivity contribution in [3.63, 3.8) is 0 Å². The number of aryl methyl sites for hydroxylation is 2. The summed E-state index contributed by atoms with van der Waals surface area (Å²) in [5.74, 6) is 0.306. The van der Waals surface area contributed by atoms with Crippen LogP contribution in [0.3, 0.4) is 0 Å². The Morgan fingerprint density at radius 3 is 2.57 bits per heavy atom. The highest BCUT2D eigenvalue weighted by atomic mass is 35.5. The summed E-state index contributed by atoms with van der Waals surface area (Å²) in [4.78, 5) is 8.92. The molecular weight excluding hydrogens is 284 g/mol. The first-order valence-electron chi connectivity index (χ1n) is 6.96. The van der Waals surface area contributed by atoms with Crippen molar-refractivity contribution in [1.29, 1.82) is 0 Å². The molecule has 0 aliphatic rings. The van der Waals surface area contributed by atoms with Gasteiger partial charge in [-0.2, -0.15) is 5.10 Å². The normalized spacial score (nSPS) is 11.5. The van der Waals surface area contributed by atoms with Crippen molar-refractivity contribution in [2.75, 3.05) is 0 Å². The lowest BCUT2D eigenvalue weighted by atomic mass is 10.0. The zero-order valence-electron chi connectivity index (χ0n) is 12.6. The molecule has 3 aromatic rings. The first-order valence-corrected chi connectivity index (χ1v) is 7.34. The Morgan fingerprint density at radius 2 is 1.95 bits per heavy atom. The predicted octanol–water partition coefficient (Wildman–Crippen LogP) is 4.18. The first-order chi connectivity index (χ1) is 10.0. The van der Waals surface area contributed by atoms with Gasteiger partial charge in [0.2, 0.25) is 0 Å². The predicted molar refractivity (Wildman–Crippen MR) is 84.8 cm³/mol. The molecule has 0 radical (unpaired) electrons. The van der Waals surface area contributed by atoms with Crippen molar-refractivity contribution in [3.05, 3.63) is 46.6 Å². The smallest absolute Gasteiger partial charge is 0.165 e. The quantitative estimate of drug-likeness (QED) is 0.667. The number of pyridine rings is 1. The van der Waals surface area contributed by atoms with Gasteiger partial charge in [0.05, 0.1) is 11.3 Å². The van der Waals surface area contributed by atoms with Gasteiger partial charge in [-0.1, -0.05) is 31.5 Å². The maximum atomic E-state index is 6.56. The lowest BCUT2D eigenvalue weighted by Crippen LogP contribution is -2.04. The lowest BCUT2D eigenvalue weighted by Gasteiger charge is -2.12. The molecule has 0 fully saturated rings. The number of halogens is 1. The van der Waals surface area contributed by atoms with E-state index in [1.165, 1.54) is 0 Å². The maximum Gasteiger partial charge on any atom is 0.165 e. The zero-order valence-corrected chi connectivity index (χ0v) is 13.3. The van der Waals surface area contributed by atoms with Crippen LogP contribution in [0.15, 0.2) is 24.5 Å². The van der Waals surface area contributed by atoms with Crippen molar-refractivity contribution in [3.8, 4) is 11.1 Å². The molecular formula is C16H17ClN4. The van der Waals surface area contributed by atoms with Gasteiger partial charge in [0.25, 0.3) is 0 Å². The number of rotatable bonds is 2. The third-order valence-electron chi connectivity index (χ3n) is 3.64. The maximum absolute atomic E-state index is 6.56. The van der Waals surface area contributed by atoms with E-state index in [0.29, 0.717) is 11.1 Å². The molecule has 3 rings (SSSR count). The van der Waals surface area contributed by atoms with E-state index in [4.69, 9.17) is 16.6 Å². The summed E-state index contributed by atoms with van der Waals surface area (Å²) in [6, 6.07) is 3.92. The average Bonchev–Trinajstić information content (AvgIpc) is 2.76. The Hall–Kier alpha value is -1.94. The van der Waals surface area contributed by atoms with Crippen molar-refractivity contribution < 1.29 is 0 Å². The molecule has 0 spiro atoms. The van der Waals surface area contributed by atoms with Crippen LogP contribution in [0.1, 0.15) is 36.7 Å². The van der Waals surface area contributed by atoms with Crippen LogP contribution < -0.4 is 0 Å². The summed E-state index contributed by atoms with van der Waals surface area (Å²) in [5.41, 5.74) is 5.68. The number of hydrogen-bond donors (Lipinski definition) is 0. The summed E-state index contributed by atoms with van der Waals surface area (Å²) < 4.78 is 1.74. The number of hydrogen-bond acceptors (Lipinski definition) is 3. The Kier molecular flexibility index (Phi) is 3.41. The second-order valence-corrected chi connectivity index (χ2v) is 5.85. The van der Waals surface area contributed by atoms with Crippen molar-refractivity contribution in [2.24, 2.45) is 0 Å². The van der Waals surface area contributed by atoms with Crippen molar-refractivity contribution in [1.82, 2.24) is 19.6 Å². The average molecular weight is 301 g/mol. The van der Waals surface area contributed by atoms with Crippen LogP contribution in [-0.2, 0) is 0 Å². The number of fused-ring (bicyclic) bond motifs is 1. The highest BCUT2D eigenvalue weighted by Gasteiger charge is 2.20.